The van der Waals surface area contributed by atoms with Gasteiger partial charge in [-0.05, 0) is 42.4 Å². The van der Waals surface area contributed by atoms with Gasteiger partial charge in [-0.25, -0.2) is 0 Å². The summed E-state index contributed by atoms with van der Waals surface area (Å²) in [6.07, 6.45) is 3.81. The van der Waals surface area contributed by atoms with Crippen LogP contribution in [-0.4, -0.2) is 33.5 Å². The summed E-state index contributed by atoms with van der Waals surface area (Å²) in [4.78, 5) is 0. The van der Waals surface area contributed by atoms with Crippen molar-refractivity contribution in [2.24, 2.45) is 5.41 Å². The largest absolute Gasteiger partial charge is 0.486 e. The van der Waals surface area contributed by atoms with Crippen LogP contribution in [0.3, 0.4) is 0 Å². The smallest absolute Gasteiger partial charge is 0.161 e. The van der Waals surface area contributed by atoms with E-state index < -0.39 is 0 Å². The van der Waals surface area contributed by atoms with Crippen LogP contribution in [0.15, 0.2) is 18.2 Å². The molecule has 0 radical (unpaired) electrons. The summed E-state index contributed by atoms with van der Waals surface area (Å²) in [5.74, 6) is 1.73. The Hall–Kier alpha value is -1.26. The lowest BCUT2D eigenvalue weighted by Crippen LogP contribution is -2.24. The molecule has 3 rings (SSSR count). The second-order valence-corrected chi connectivity index (χ2v) is 5.82. The maximum atomic E-state index is 5.61. The van der Waals surface area contributed by atoms with Gasteiger partial charge in [0.1, 0.15) is 13.2 Å². The first kappa shape index (κ1) is 13.7. The van der Waals surface area contributed by atoms with E-state index in [1.165, 1.54) is 18.4 Å². The number of ether oxygens (including phenoxy) is 3. The van der Waals surface area contributed by atoms with Gasteiger partial charge in [0, 0.05) is 26.8 Å². The molecule has 110 valence electrons. The van der Waals surface area contributed by atoms with Crippen LogP contribution < -0.4 is 14.8 Å². The van der Waals surface area contributed by atoms with E-state index in [1.807, 2.05) is 6.07 Å². The van der Waals surface area contributed by atoms with Crippen molar-refractivity contribution in [3.05, 3.63) is 23.8 Å². The predicted octanol–water partition coefficient (Wildman–Crippen LogP) is 2.36. The highest BCUT2D eigenvalue weighted by molar-refractivity contribution is 5.43. The molecule has 1 aliphatic carbocycles. The number of benzene rings is 1. The van der Waals surface area contributed by atoms with Gasteiger partial charge in [-0.3, -0.25) is 0 Å². The third-order valence-electron chi connectivity index (χ3n) is 4.23. The summed E-state index contributed by atoms with van der Waals surface area (Å²) >= 11 is 0. The van der Waals surface area contributed by atoms with Crippen LogP contribution in [0, 0.1) is 5.41 Å². The fraction of sp³-hybridized carbons (Fsp3) is 0.625. The number of hydrogen-bond donors (Lipinski definition) is 1. The van der Waals surface area contributed by atoms with E-state index in [2.05, 4.69) is 17.4 Å². The van der Waals surface area contributed by atoms with Crippen LogP contribution in [-0.2, 0) is 11.3 Å². The highest BCUT2D eigenvalue weighted by Crippen LogP contribution is 2.48. The quantitative estimate of drug-likeness (QED) is 0.830. The molecule has 20 heavy (non-hydrogen) atoms. The van der Waals surface area contributed by atoms with Crippen molar-refractivity contribution in [3.8, 4) is 11.5 Å². The van der Waals surface area contributed by atoms with Crippen molar-refractivity contribution in [2.45, 2.75) is 25.8 Å². The van der Waals surface area contributed by atoms with E-state index in [4.69, 9.17) is 14.2 Å². The normalized spacial score (nSPS) is 18.9. The number of methoxy groups -OCH3 is 1. The molecule has 0 aromatic heterocycles. The molecular formula is C16H23NO3. The molecule has 4 heteroatoms. The number of rotatable bonds is 7. The van der Waals surface area contributed by atoms with E-state index in [9.17, 15) is 0 Å². The fourth-order valence-corrected chi connectivity index (χ4v) is 2.68. The van der Waals surface area contributed by atoms with Crippen molar-refractivity contribution >= 4 is 0 Å². The van der Waals surface area contributed by atoms with E-state index in [0.29, 0.717) is 18.6 Å². The number of hydrogen-bond acceptors (Lipinski definition) is 4. The molecule has 0 atom stereocenters. The number of nitrogens with one attached hydrogen (secondary N) is 1. The summed E-state index contributed by atoms with van der Waals surface area (Å²) in [6, 6.07) is 6.19. The van der Waals surface area contributed by atoms with Gasteiger partial charge in [-0.15, -0.1) is 0 Å². The van der Waals surface area contributed by atoms with E-state index in [-0.39, 0.29) is 0 Å². The average Bonchev–Trinajstić information content (AvgIpc) is 3.25. The Labute approximate surface area is 120 Å². The minimum atomic E-state index is 0.490. The molecule has 2 aliphatic rings. The Kier molecular flexibility index (Phi) is 4.13. The molecule has 1 fully saturated rings. The average molecular weight is 277 g/mol. The molecule has 0 amide bonds. The van der Waals surface area contributed by atoms with Crippen LogP contribution in [0.25, 0.3) is 0 Å². The first-order valence-corrected chi connectivity index (χ1v) is 7.40. The van der Waals surface area contributed by atoms with E-state index in [0.717, 1.165) is 37.6 Å². The van der Waals surface area contributed by atoms with Crippen LogP contribution in [0.2, 0.25) is 0 Å². The maximum absolute atomic E-state index is 5.61. The van der Waals surface area contributed by atoms with Crippen LogP contribution in [0.5, 0.6) is 11.5 Å². The third kappa shape index (κ3) is 3.25. The van der Waals surface area contributed by atoms with Gasteiger partial charge in [0.25, 0.3) is 0 Å². The summed E-state index contributed by atoms with van der Waals surface area (Å²) in [5, 5.41) is 3.57. The molecular weight excluding hydrogens is 254 g/mol. The molecule has 0 spiro atoms. The molecule has 1 aliphatic heterocycles. The van der Waals surface area contributed by atoms with E-state index >= 15 is 0 Å². The second kappa shape index (κ2) is 6.02. The van der Waals surface area contributed by atoms with Crippen molar-refractivity contribution in [1.29, 1.82) is 0 Å². The van der Waals surface area contributed by atoms with Crippen molar-refractivity contribution in [2.75, 3.05) is 33.5 Å². The second-order valence-electron chi connectivity index (χ2n) is 5.82. The van der Waals surface area contributed by atoms with Gasteiger partial charge in [0.15, 0.2) is 11.5 Å². The summed E-state index contributed by atoms with van der Waals surface area (Å²) < 4.78 is 16.3. The standard InChI is InChI=1S/C16H23NO3/c1-18-7-6-16(4-5-16)12-17-11-13-2-3-14-15(10-13)20-9-8-19-14/h2-3,10,17H,4-9,11-12H2,1H3. The van der Waals surface area contributed by atoms with Gasteiger partial charge in [-0.2, -0.15) is 0 Å². The first-order valence-electron chi connectivity index (χ1n) is 7.40. The van der Waals surface area contributed by atoms with E-state index in [1.54, 1.807) is 7.11 Å². The minimum Gasteiger partial charge on any atom is -0.486 e. The zero-order valence-corrected chi connectivity index (χ0v) is 12.1. The van der Waals surface area contributed by atoms with Gasteiger partial charge >= 0.3 is 0 Å². The highest BCUT2D eigenvalue weighted by atomic mass is 16.6. The first-order chi connectivity index (χ1) is 9.81. The maximum Gasteiger partial charge on any atom is 0.161 e. The summed E-state index contributed by atoms with van der Waals surface area (Å²) in [5.41, 5.74) is 1.74. The van der Waals surface area contributed by atoms with Gasteiger partial charge in [0.05, 0.1) is 0 Å². The molecule has 1 aromatic rings. The zero-order valence-electron chi connectivity index (χ0n) is 12.1. The fourth-order valence-electron chi connectivity index (χ4n) is 2.68. The lowest BCUT2D eigenvalue weighted by Gasteiger charge is -2.19. The summed E-state index contributed by atoms with van der Waals surface area (Å²) in [6.45, 7) is 4.11. The summed E-state index contributed by atoms with van der Waals surface area (Å²) in [7, 11) is 1.78. The Morgan fingerprint density at radius 1 is 1.20 bits per heavy atom. The van der Waals surface area contributed by atoms with Gasteiger partial charge in [-0.1, -0.05) is 6.07 Å². The topological polar surface area (TPSA) is 39.7 Å². The number of fused-ring (bicyclic) bond motifs is 1. The Bertz CT molecular complexity index is 457. The zero-order chi connectivity index (χ0) is 13.8. The monoisotopic (exact) mass is 277 g/mol. The molecule has 4 nitrogen and oxygen atoms in total. The third-order valence-corrected chi connectivity index (χ3v) is 4.23. The molecule has 1 aromatic carbocycles. The molecule has 1 saturated carbocycles. The Morgan fingerprint density at radius 2 is 2.00 bits per heavy atom. The molecule has 0 unspecified atom stereocenters. The molecule has 1 heterocycles. The highest BCUT2D eigenvalue weighted by Gasteiger charge is 2.41. The molecule has 0 bridgehead atoms. The molecule has 1 N–H and O–H groups in total. The van der Waals surface area contributed by atoms with Crippen molar-refractivity contribution < 1.29 is 14.2 Å². The SMILES string of the molecule is COCCC1(CNCc2ccc3c(c2)OCCO3)CC1. The van der Waals surface area contributed by atoms with Crippen molar-refractivity contribution in [1.82, 2.24) is 5.32 Å². The predicted molar refractivity (Wildman–Crippen MR) is 77.3 cm³/mol. The van der Waals surface area contributed by atoms with Gasteiger partial charge in [0.2, 0.25) is 0 Å². The van der Waals surface area contributed by atoms with Crippen molar-refractivity contribution in [3.63, 3.8) is 0 Å². The lowest BCUT2D eigenvalue weighted by molar-refractivity contribution is 0.170. The Morgan fingerprint density at radius 3 is 2.75 bits per heavy atom. The lowest BCUT2D eigenvalue weighted by atomic mass is 10.0. The minimum absolute atomic E-state index is 0.490. The van der Waals surface area contributed by atoms with Gasteiger partial charge < -0.3 is 19.5 Å². The molecule has 0 saturated heterocycles. The van der Waals surface area contributed by atoms with Crippen LogP contribution >= 0.6 is 0 Å². The Balaban J connectivity index is 1.49. The van der Waals surface area contributed by atoms with Crippen LogP contribution in [0.4, 0.5) is 0 Å². The van der Waals surface area contributed by atoms with Crippen LogP contribution in [0.1, 0.15) is 24.8 Å².